The van der Waals surface area contributed by atoms with Gasteiger partial charge in [0.15, 0.2) is 0 Å². The quantitative estimate of drug-likeness (QED) is 0.646. The van der Waals surface area contributed by atoms with Gasteiger partial charge in [0.25, 0.3) is 0 Å². The first-order valence-corrected chi connectivity index (χ1v) is 9.55. The van der Waals surface area contributed by atoms with Gasteiger partial charge < -0.3 is 9.47 Å². The van der Waals surface area contributed by atoms with Gasteiger partial charge in [0.1, 0.15) is 23.4 Å². The fraction of sp³-hybridized carbons (Fsp3) is 0.875. The second-order valence-electron chi connectivity index (χ2n) is 7.93. The summed E-state index contributed by atoms with van der Waals surface area (Å²) in [5.41, 5.74) is -1.24. The number of ether oxygens (including phenoxy) is 2. The topological polar surface area (TPSA) is 105 Å². The summed E-state index contributed by atoms with van der Waals surface area (Å²) < 4.78 is 43.1. The molecule has 8 nitrogen and oxygen atoms in total. The molecule has 0 N–H and O–H groups in total. The third-order valence-electron chi connectivity index (χ3n) is 3.00. The number of esters is 2. The summed E-state index contributed by atoms with van der Waals surface area (Å²) in [5.74, 6) is -0.905. The van der Waals surface area contributed by atoms with E-state index in [4.69, 9.17) is 17.8 Å². The first-order valence-electron chi connectivity index (χ1n) is 8.22. The van der Waals surface area contributed by atoms with E-state index in [1.54, 1.807) is 41.5 Å². The molecule has 0 unspecified atom stereocenters. The molecule has 146 valence electrons. The molecule has 1 aliphatic heterocycles. The Hall–Kier alpha value is -1.19. The van der Waals surface area contributed by atoms with Crippen molar-refractivity contribution in [2.75, 3.05) is 0 Å². The Labute approximate surface area is 149 Å². The molecular formula is C16H28O8S. The van der Waals surface area contributed by atoms with Gasteiger partial charge in [-0.1, -0.05) is 0 Å². The van der Waals surface area contributed by atoms with Crippen molar-refractivity contribution in [1.29, 1.82) is 0 Å². The minimum absolute atomic E-state index is 0.0102. The second kappa shape index (κ2) is 8.01. The van der Waals surface area contributed by atoms with Gasteiger partial charge in [0.05, 0.1) is 0 Å². The van der Waals surface area contributed by atoms with E-state index >= 15 is 0 Å². The molecule has 0 bridgehead atoms. The molecule has 2 atom stereocenters. The van der Waals surface area contributed by atoms with Crippen molar-refractivity contribution in [3.8, 4) is 0 Å². The number of carbonyl (C=O) groups excluding carboxylic acids is 2. The highest BCUT2D eigenvalue weighted by molar-refractivity contribution is 7.82. The average Bonchev–Trinajstić information content (AvgIpc) is 2.64. The Balaban J connectivity index is 2.56. The third-order valence-corrected chi connectivity index (χ3v) is 3.97. The van der Waals surface area contributed by atoms with Crippen molar-refractivity contribution in [1.82, 2.24) is 0 Å². The maximum absolute atomic E-state index is 11.8. The fourth-order valence-corrected chi connectivity index (χ4v) is 3.31. The maximum atomic E-state index is 11.8. The molecule has 25 heavy (non-hydrogen) atoms. The van der Waals surface area contributed by atoms with Gasteiger partial charge in [0.2, 0.25) is 0 Å². The van der Waals surface area contributed by atoms with Crippen molar-refractivity contribution >= 4 is 22.3 Å². The van der Waals surface area contributed by atoms with Crippen LogP contribution in [0.15, 0.2) is 0 Å². The van der Waals surface area contributed by atoms with E-state index in [9.17, 15) is 18.0 Å². The molecule has 1 heterocycles. The molecule has 0 radical (unpaired) electrons. The number of carbonyl (C=O) groups is 2. The Morgan fingerprint density at radius 1 is 0.800 bits per heavy atom. The minimum Gasteiger partial charge on any atom is -0.460 e. The normalized spacial score (nSPS) is 23.3. The predicted octanol–water partition coefficient (Wildman–Crippen LogP) is 2.26. The van der Waals surface area contributed by atoms with E-state index < -0.39 is 45.7 Å². The van der Waals surface area contributed by atoms with Crippen LogP contribution < -0.4 is 0 Å². The van der Waals surface area contributed by atoms with Crippen LogP contribution in [0.25, 0.3) is 0 Å². The van der Waals surface area contributed by atoms with Gasteiger partial charge in [-0.2, -0.15) is 8.42 Å². The molecule has 0 aromatic rings. The van der Waals surface area contributed by atoms with E-state index in [-0.39, 0.29) is 25.7 Å². The summed E-state index contributed by atoms with van der Waals surface area (Å²) in [6.07, 6.45) is -1.45. The number of hydrogen-bond acceptors (Lipinski definition) is 8. The zero-order valence-electron chi connectivity index (χ0n) is 15.7. The molecular weight excluding hydrogens is 352 g/mol. The van der Waals surface area contributed by atoms with Gasteiger partial charge in [-0.15, -0.1) is 0 Å². The molecule has 0 aromatic heterocycles. The van der Waals surface area contributed by atoms with Crippen molar-refractivity contribution < 1.29 is 35.8 Å². The van der Waals surface area contributed by atoms with Gasteiger partial charge in [-0.25, -0.2) is 8.37 Å². The summed E-state index contributed by atoms with van der Waals surface area (Å²) in [7, 11) is -4.11. The molecule has 1 aliphatic rings. The predicted molar refractivity (Wildman–Crippen MR) is 88.8 cm³/mol. The van der Waals surface area contributed by atoms with Gasteiger partial charge >= 0.3 is 22.3 Å². The van der Waals surface area contributed by atoms with Crippen LogP contribution in [0.2, 0.25) is 0 Å². The smallest absolute Gasteiger partial charge is 0.400 e. The number of rotatable bonds is 6. The lowest BCUT2D eigenvalue weighted by Crippen LogP contribution is -2.28. The molecule has 0 saturated carbocycles. The zero-order chi connectivity index (χ0) is 19.5. The van der Waals surface area contributed by atoms with E-state index in [2.05, 4.69) is 0 Å². The van der Waals surface area contributed by atoms with Gasteiger partial charge in [-0.05, 0) is 54.4 Å². The van der Waals surface area contributed by atoms with Gasteiger partial charge in [0, 0.05) is 12.8 Å². The van der Waals surface area contributed by atoms with E-state index in [1.165, 1.54) is 0 Å². The lowest BCUT2D eigenvalue weighted by Gasteiger charge is -2.21. The second-order valence-corrected chi connectivity index (χ2v) is 9.13. The summed E-state index contributed by atoms with van der Waals surface area (Å²) in [6.45, 7) is 10.5. The number of hydrogen-bond donors (Lipinski definition) is 0. The summed E-state index contributed by atoms with van der Waals surface area (Å²) in [4.78, 5) is 23.5. The minimum atomic E-state index is -4.11. The Morgan fingerprint density at radius 2 is 1.12 bits per heavy atom. The standard InChI is InChI=1S/C16H28O8S/c1-15(2,3)21-13(17)9-7-11-12(24-25(19,20)23-11)8-10-14(18)22-16(4,5)6/h11-12H,7-10H2,1-6H3/t11-,12-/m1/s1. The van der Waals surface area contributed by atoms with Crippen LogP contribution in [0, 0.1) is 0 Å². The van der Waals surface area contributed by atoms with Crippen molar-refractivity contribution in [2.45, 2.75) is 90.6 Å². The van der Waals surface area contributed by atoms with E-state index in [0.29, 0.717) is 0 Å². The van der Waals surface area contributed by atoms with Crippen LogP contribution >= 0.6 is 0 Å². The van der Waals surface area contributed by atoms with Crippen LogP contribution in [-0.4, -0.2) is 43.8 Å². The van der Waals surface area contributed by atoms with Gasteiger partial charge in [-0.3, -0.25) is 9.59 Å². The van der Waals surface area contributed by atoms with Crippen LogP contribution in [0.5, 0.6) is 0 Å². The van der Waals surface area contributed by atoms with Crippen molar-refractivity contribution in [3.05, 3.63) is 0 Å². The van der Waals surface area contributed by atoms with Crippen molar-refractivity contribution in [3.63, 3.8) is 0 Å². The molecule has 1 saturated heterocycles. The highest BCUT2D eigenvalue weighted by Gasteiger charge is 2.40. The zero-order valence-corrected chi connectivity index (χ0v) is 16.5. The molecule has 0 amide bonds. The first-order chi connectivity index (χ1) is 11.2. The Morgan fingerprint density at radius 3 is 1.40 bits per heavy atom. The van der Waals surface area contributed by atoms with Crippen LogP contribution in [0.3, 0.4) is 0 Å². The van der Waals surface area contributed by atoms with Crippen molar-refractivity contribution in [2.24, 2.45) is 0 Å². The highest BCUT2D eigenvalue weighted by Crippen LogP contribution is 2.28. The fourth-order valence-electron chi connectivity index (χ4n) is 2.22. The lowest BCUT2D eigenvalue weighted by atomic mass is 10.0. The maximum Gasteiger partial charge on any atom is 0.400 e. The summed E-state index contributed by atoms with van der Waals surface area (Å²) >= 11 is 0. The third kappa shape index (κ3) is 9.18. The Kier molecular flexibility index (Phi) is 7.00. The summed E-state index contributed by atoms with van der Waals surface area (Å²) in [6, 6.07) is 0. The van der Waals surface area contributed by atoms with Crippen LogP contribution in [0.1, 0.15) is 67.2 Å². The van der Waals surface area contributed by atoms with Crippen LogP contribution in [-0.2, 0) is 37.8 Å². The average molecular weight is 380 g/mol. The SMILES string of the molecule is CC(C)(C)OC(=O)CC[C@H]1OS(=O)(=O)O[C@@H]1CCC(=O)OC(C)(C)C. The monoisotopic (exact) mass is 380 g/mol. The first kappa shape index (κ1) is 21.9. The van der Waals surface area contributed by atoms with E-state index in [0.717, 1.165) is 0 Å². The Bertz CT molecular complexity index is 536. The largest absolute Gasteiger partial charge is 0.460 e. The lowest BCUT2D eigenvalue weighted by molar-refractivity contribution is -0.157. The van der Waals surface area contributed by atoms with Crippen LogP contribution in [0.4, 0.5) is 0 Å². The molecule has 0 spiro atoms. The molecule has 0 aromatic carbocycles. The molecule has 1 rings (SSSR count). The molecule has 1 fully saturated rings. The molecule has 0 aliphatic carbocycles. The van der Waals surface area contributed by atoms with E-state index in [1.807, 2.05) is 0 Å². The summed E-state index contributed by atoms with van der Waals surface area (Å²) in [5, 5.41) is 0. The highest BCUT2D eigenvalue weighted by atomic mass is 32.3. The molecule has 9 heteroatoms.